The summed E-state index contributed by atoms with van der Waals surface area (Å²) in [7, 11) is -3.58. The Hall–Kier alpha value is -3.00. The van der Waals surface area contributed by atoms with E-state index in [-0.39, 0.29) is 11.9 Å². The summed E-state index contributed by atoms with van der Waals surface area (Å²) in [5.74, 6) is -0.0583. The topological polar surface area (TPSA) is 60.9 Å². The molecule has 0 radical (unpaired) electrons. The van der Waals surface area contributed by atoms with Crippen LogP contribution >= 0.6 is 0 Å². The Kier molecular flexibility index (Phi) is 6.25. The minimum Gasteiger partial charge on any atom is -0.305 e. The van der Waals surface area contributed by atoms with E-state index in [1.807, 2.05) is 55.5 Å². The molecule has 0 saturated carbocycles. The number of anilines is 1. The summed E-state index contributed by atoms with van der Waals surface area (Å²) in [6.45, 7) is 5.19. The van der Waals surface area contributed by atoms with E-state index < -0.39 is 10.0 Å². The van der Waals surface area contributed by atoms with Gasteiger partial charge in [-0.25, -0.2) is 8.42 Å². The van der Waals surface area contributed by atoms with Crippen molar-refractivity contribution in [2.24, 2.45) is 0 Å². The Bertz CT molecular complexity index is 1270. The third kappa shape index (κ3) is 4.39. The van der Waals surface area contributed by atoms with Gasteiger partial charge in [-0.2, -0.15) is 4.31 Å². The van der Waals surface area contributed by atoms with Crippen LogP contribution in [-0.4, -0.2) is 55.8 Å². The first kappa shape index (κ1) is 22.8. The average Bonchev–Trinajstić information content (AvgIpc) is 3.20. The number of carbonyl (C=O) groups is 1. The largest absolute Gasteiger partial charge is 0.305 e. The summed E-state index contributed by atoms with van der Waals surface area (Å²) in [5.41, 5.74) is 3.57. The van der Waals surface area contributed by atoms with Crippen molar-refractivity contribution in [2.45, 2.75) is 30.8 Å². The van der Waals surface area contributed by atoms with Gasteiger partial charge in [-0.15, -0.1) is 0 Å². The van der Waals surface area contributed by atoms with Crippen molar-refractivity contribution >= 4 is 21.6 Å². The standard InChI is InChI=1S/C27H29N3O3S/c1-21-18-24-19-25(12-13-26(24)30(21)27(31)23-10-6-3-7-11-23)34(32,33)29-16-14-28(15-17-29)20-22-8-4-2-5-9-22/h2-13,19,21H,14-18,20H2,1H3/t21-/m0/s1. The average molecular weight is 476 g/mol. The Morgan fingerprint density at radius 1 is 0.882 bits per heavy atom. The first-order chi connectivity index (χ1) is 16.4. The fourth-order valence-electron chi connectivity index (χ4n) is 4.92. The summed E-state index contributed by atoms with van der Waals surface area (Å²) < 4.78 is 28.4. The Morgan fingerprint density at radius 2 is 1.53 bits per heavy atom. The van der Waals surface area contributed by atoms with Crippen LogP contribution in [0.3, 0.4) is 0 Å². The molecule has 0 N–H and O–H groups in total. The van der Waals surface area contributed by atoms with Gasteiger partial charge in [0.1, 0.15) is 0 Å². The second-order valence-electron chi connectivity index (χ2n) is 9.05. The Morgan fingerprint density at radius 3 is 2.21 bits per heavy atom. The number of piperazine rings is 1. The lowest BCUT2D eigenvalue weighted by molar-refractivity contribution is 0.0981. The molecule has 0 aliphatic carbocycles. The molecule has 3 aromatic carbocycles. The molecular formula is C27H29N3O3S. The maximum atomic E-state index is 13.4. The first-order valence-electron chi connectivity index (χ1n) is 11.7. The van der Waals surface area contributed by atoms with Gasteiger partial charge in [-0.1, -0.05) is 48.5 Å². The number of sulfonamides is 1. The number of hydrogen-bond acceptors (Lipinski definition) is 4. The maximum Gasteiger partial charge on any atom is 0.258 e. The minimum absolute atomic E-state index is 0.0257. The molecule has 34 heavy (non-hydrogen) atoms. The number of amides is 1. The summed E-state index contributed by atoms with van der Waals surface area (Å²) in [6, 6.07) is 24.6. The van der Waals surface area contributed by atoms with Crippen molar-refractivity contribution in [1.82, 2.24) is 9.21 Å². The molecule has 2 heterocycles. The molecule has 1 amide bonds. The van der Waals surface area contributed by atoms with Crippen LogP contribution in [-0.2, 0) is 23.0 Å². The lowest BCUT2D eigenvalue weighted by atomic mass is 10.1. The second-order valence-corrected chi connectivity index (χ2v) is 11.0. The molecule has 2 aliphatic heterocycles. The van der Waals surface area contributed by atoms with Gasteiger partial charge in [0.25, 0.3) is 5.91 Å². The molecule has 1 atom stereocenters. The lowest BCUT2D eigenvalue weighted by Crippen LogP contribution is -2.48. The van der Waals surface area contributed by atoms with Crippen molar-refractivity contribution in [3.63, 3.8) is 0 Å². The normalized spacial score (nSPS) is 19.2. The lowest BCUT2D eigenvalue weighted by Gasteiger charge is -2.34. The van der Waals surface area contributed by atoms with Gasteiger partial charge in [0.2, 0.25) is 10.0 Å². The molecule has 0 bridgehead atoms. The van der Waals surface area contributed by atoms with Crippen LogP contribution in [0.2, 0.25) is 0 Å². The number of fused-ring (bicyclic) bond motifs is 1. The highest BCUT2D eigenvalue weighted by Gasteiger charge is 2.34. The van der Waals surface area contributed by atoms with Crippen molar-refractivity contribution in [3.05, 3.63) is 95.6 Å². The molecule has 3 aromatic rings. The fourth-order valence-corrected chi connectivity index (χ4v) is 6.39. The highest BCUT2D eigenvalue weighted by molar-refractivity contribution is 7.89. The van der Waals surface area contributed by atoms with Crippen LogP contribution in [0.25, 0.3) is 0 Å². The van der Waals surface area contributed by atoms with Crippen molar-refractivity contribution < 1.29 is 13.2 Å². The van der Waals surface area contributed by atoms with Crippen LogP contribution in [0.5, 0.6) is 0 Å². The summed E-state index contributed by atoms with van der Waals surface area (Å²) >= 11 is 0. The molecule has 0 spiro atoms. The second kappa shape index (κ2) is 9.33. The van der Waals surface area contributed by atoms with Gasteiger partial charge in [-0.05, 0) is 54.8 Å². The molecule has 0 unspecified atom stereocenters. The monoisotopic (exact) mass is 475 g/mol. The molecule has 7 heteroatoms. The quantitative estimate of drug-likeness (QED) is 0.564. The van der Waals surface area contributed by atoms with Gasteiger partial charge in [0.05, 0.1) is 4.90 Å². The highest BCUT2D eigenvalue weighted by atomic mass is 32.2. The SMILES string of the molecule is C[C@H]1Cc2cc(S(=O)(=O)N3CCN(Cc4ccccc4)CC3)ccc2N1C(=O)c1ccccc1. The number of hydrogen-bond donors (Lipinski definition) is 0. The highest BCUT2D eigenvalue weighted by Crippen LogP contribution is 2.35. The van der Waals surface area contributed by atoms with E-state index in [9.17, 15) is 13.2 Å². The van der Waals surface area contributed by atoms with E-state index >= 15 is 0 Å². The minimum atomic E-state index is -3.58. The van der Waals surface area contributed by atoms with Gasteiger partial charge in [-0.3, -0.25) is 9.69 Å². The predicted molar refractivity (Wildman–Crippen MR) is 133 cm³/mol. The van der Waals surface area contributed by atoms with Gasteiger partial charge >= 0.3 is 0 Å². The molecule has 1 fully saturated rings. The molecule has 1 saturated heterocycles. The van der Waals surface area contributed by atoms with Crippen LogP contribution in [0.15, 0.2) is 83.8 Å². The number of benzene rings is 3. The molecule has 6 nitrogen and oxygen atoms in total. The number of carbonyl (C=O) groups excluding carboxylic acids is 1. The Balaban J connectivity index is 1.30. The zero-order valence-electron chi connectivity index (χ0n) is 19.3. The van der Waals surface area contributed by atoms with Crippen LogP contribution in [0.4, 0.5) is 5.69 Å². The number of nitrogens with zero attached hydrogens (tertiary/aromatic N) is 3. The third-order valence-corrected chi connectivity index (χ3v) is 8.62. The summed E-state index contributed by atoms with van der Waals surface area (Å²) in [6.07, 6.45) is 0.641. The summed E-state index contributed by atoms with van der Waals surface area (Å²) in [4.78, 5) is 17.5. The van der Waals surface area contributed by atoms with Gasteiger partial charge < -0.3 is 4.90 Å². The van der Waals surface area contributed by atoms with Crippen LogP contribution < -0.4 is 4.90 Å². The van der Waals surface area contributed by atoms with Gasteiger partial charge in [0, 0.05) is 50.0 Å². The van der Waals surface area contributed by atoms with E-state index in [2.05, 4.69) is 17.0 Å². The zero-order chi connectivity index (χ0) is 23.7. The number of rotatable bonds is 5. The fraction of sp³-hybridized carbons (Fsp3) is 0.296. The van der Waals surface area contributed by atoms with Crippen LogP contribution in [0, 0.1) is 0 Å². The van der Waals surface area contributed by atoms with Crippen molar-refractivity contribution in [1.29, 1.82) is 0 Å². The maximum absolute atomic E-state index is 13.4. The predicted octanol–water partition coefficient (Wildman–Crippen LogP) is 3.78. The molecule has 2 aliphatic rings. The molecule has 5 rings (SSSR count). The molecular weight excluding hydrogens is 446 g/mol. The molecule has 0 aromatic heterocycles. The third-order valence-electron chi connectivity index (χ3n) is 6.72. The zero-order valence-corrected chi connectivity index (χ0v) is 20.1. The van der Waals surface area contributed by atoms with E-state index in [4.69, 9.17) is 0 Å². The summed E-state index contributed by atoms with van der Waals surface area (Å²) in [5, 5.41) is 0. The molecule has 176 valence electrons. The van der Waals surface area contributed by atoms with Gasteiger partial charge in [0.15, 0.2) is 0 Å². The van der Waals surface area contributed by atoms with Crippen LogP contribution in [0.1, 0.15) is 28.4 Å². The van der Waals surface area contributed by atoms with Crippen molar-refractivity contribution in [3.8, 4) is 0 Å². The van der Waals surface area contributed by atoms with Crippen molar-refractivity contribution in [2.75, 3.05) is 31.1 Å². The Labute approximate surface area is 201 Å². The first-order valence-corrected chi connectivity index (χ1v) is 13.2. The van der Waals surface area contributed by atoms with E-state index in [0.29, 0.717) is 43.1 Å². The van der Waals surface area contributed by atoms with E-state index in [0.717, 1.165) is 17.8 Å². The van der Waals surface area contributed by atoms with E-state index in [1.165, 1.54) is 5.56 Å². The smallest absolute Gasteiger partial charge is 0.258 e. The van der Waals surface area contributed by atoms with E-state index in [1.54, 1.807) is 27.4 Å².